The van der Waals surface area contributed by atoms with Gasteiger partial charge in [-0.25, -0.2) is 8.42 Å². The summed E-state index contributed by atoms with van der Waals surface area (Å²) in [5.74, 6) is -1.62. The van der Waals surface area contributed by atoms with E-state index in [4.69, 9.17) is 16.7 Å². The van der Waals surface area contributed by atoms with Gasteiger partial charge in [0.05, 0.1) is 4.90 Å². The molecule has 9 heteroatoms. The van der Waals surface area contributed by atoms with Gasteiger partial charge >= 0.3 is 5.97 Å². The fourth-order valence-corrected chi connectivity index (χ4v) is 4.89. The molecule has 3 aromatic carbocycles. The first kappa shape index (κ1) is 24.3. The fraction of sp³-hybridized carbons (Fsp3) is 0.167. The summed E-state index contributed by atoms with van der Waals surface area (Å²) >= 11 is 6.10. The van der Waals surface area contributed by atoms with Gasteiger partial charge in [0.15, 0.2) is 0 Å². The number of anilines is 1. The number of carboxylic acids is 1. The minimum absolute atomic E-state index is 0.156. The molecule has 0 aliphatic carbocycles. The first-order valence-electron chi connectivity index (χ1n) is 9.98. The lowest BCUT2D eigenvalue weighted by Crippen LogP contribution is -2.29. The average molecular weight is 487 g/mol. The smallest absolute Gasteiger partial charge is 0.322 e. The minimum atomic E-state index is -3.84. The number of carbonyl (C=O) groups excluding carboxylic acids is 1. The Hall–Kier alpha value is -3.36. The number of amides is 1. The van der Waals surface area contributed by atoms with E-state index in [-0.39, 0.29) is 4.90 Å². The van der Waals surface area contributed by atoms with Gasteiger partial charge in [-0.1, -0.05) is 29.8 Å². The van der Waals surface area contributed by atoms with Gasteiger partial charge in [0.25, 0.3) is 15.9 Å². The molecule has 0 spiro atoms. The summed E-state index contributed by atoms with van der Waals surface area (Å²) in [4.78, 5) is 22.8. The van der Waals surface area contributed by atoms with Crippen molar-refractivity contribution in [2.24, 2.45) is 0 Å². The van der Waals surface area contributed by atoms with E-state index in [1.807, 2.05) is 6.92 Å². The Bertz CT molecular complexity index is 1340. The molecule has 0 radical (unpaired) electrons. The number of halogens is 1. The highest BCUT2D eigenvalue weighted by atomic mass is 35.5. The zero-order valence-electron chi connectivity index (χ0n) is 18.3. The summed E-state index contributed by atoms with van der Waals surface area (Å²) in [6.07, 6.45) is 0. The molecule has 0 bridgehead atoms. The van der Waals surface area contributed by atoms with Crippen molar-refractivity contribution in [3.8, 4) is 11.1 Å². The van der Waals surface area contributed by atoms with Crippen molar-refractivity contribution >= 4 is 39.2 Å². The number of rotatable bonds is 7. The van der Waals surface area contributed by atoms with E-state index in [2.05, 4.69) is 10.0 Å². The van der Waals surface area contributed by atoms with Crippen LogP contribution in [0, 0.1) is 20.8 Å². The quantitative estimate of drug-likeness (QED) is 0.453. The van der Waals surface area contributed by atoms with Crippen LogP contribution < -0.4 is 10.0 Å². The third kappa shape index (κ3) is 5.71. The SMILES string of the molecule is Cc1cc(S(=O)(=O)Nc2ccc(C)c(-c3ccc(C(=O)NCC(=O)O)cc3)c2)c(C)cc1Cl. The maximum Gasteiger partial charge on any atom is 0.322 e. The topological polar surface area (TPSA) is 113 Å². The molecule has 3 N–H and O–H groups in total. The summed E-state index contributed by atoms with van der Waals surface area (Å²) in [6.45, 7) is 4.87. The molecule has 3 aromatic rings. The summed E-state index contributed by atoms with van der Waals surface area (Å²) in [6, 6.07) is 15.0. The van der Waals surface area contributed by atoms with Crippen LogP contribution in [0.15, 0.2) is 59.5 Å². The Kier molecular flexibility index (Phi) is 7.09. The standard InChI is InChI=1S/C24H23ClN2O5S/c1-14-4-9-19(27-33(31,32)22-11-15(2)21(25)10-16(22)3)12-20(14)17-5-7-18(8-6-17)24(30)26-13-23(28)29/h4-12,27H,13H2,1-3H3,(H,26,30)(H,28,29). The first-order chi connectivity index (χ1) is 15.5. The maximum atomic E-state index is 13.0. The highest BCUT2D eigenvalue weighted by molar-refractivity contribution is 7.92. The van der Waals surface area contributed by atoms with Crippen LogP contribution in [-0.4, -0.2) is 31.9 Å². The molecule has 1 amide bonds. The minimum Gasteiger partial charge on any atom is -0.480 e. The van der Waals surface area contributed by atoms with Crippen LogP contribution in [0.2, 0.25) is 5.02 Å². The van der Waals surface area contributed by atoms with E-state index < -0.39 is 28.4 Å². The van der Waals surface area contributed by atoms with Gasteiger partial charge in [-0.05, 0) is 85.0 Å². The average Bonchev–Trinajstić information content (AvgIpc) is 2.75. The summed E-state index contributed by atoms with van der Waals surface area (Å²) in [5.41, 5.74) is 4.41. The number of hydrogen-bond acceptors (Lipinski definition) is 4. The molecule has 7 nitrogen and oxygen atoms in total. The van der Waals surface area contributed by atoms with Gasteiger partial charge in [-0.15, -0.1) is 0 Å². The van der Waals surface area contributed by atoms with Crippen LogP contribution in [0.4, 0.5) is 5.69 Å². The number of hydrogen-bond donors (Lipinski definition) is 3. The molecule has 33 heavy (non-hydrogen) atoms. The number of sulfonamides is 1. The van der Waals surface area contributed by atoms with Crippen molar-refractivity contribution in [3.63, 3.8) is 0 Å². The molecule has 0 aliphatic rings. The molecule has 0 atom stereocenters. The van der Waals surface area contributed by atoms with E-state index in [9.17, 15) is 18.0 Å². The molecule has 0 heterocycles. The number of benzene rings is 3. The van der Waals surface area contributed by atoms with Crippen molar-refractivity contribution in [1.82, 2.24) is 5.32 Å². The van der Waals surface area contributed by atoms with Crippen LogP contribution in [0.1, 0.15) is 27.0 Å². The van der Waals surface area contributed by atoms with E-state index >= 15 is 0 Å². The van der Waals surface area contributed by atoms with Gasteiger partial charge < -0.3 is 10.4 Å². The molecular formula is C24H23ClN2O5S. The monoisotopic (exact) mass is 486 g/mol. The number of aryl methyl sites for hydroxylation is 3. The van der Waals surface area contributed by atoms with E-state index in [1.165, 1.54) is 0 Å². The van der Waals surface area contributed by atoms with E-state index in [0.717, 1.165) is 16.7 Å². The summed E-state index contributed by atoms with van der Waals surface area (Å²) in [7, 11) is -3.84. The Morgan fingerprint density at radius 3 is 2.21 bits per heavy atom. The van der Waals surface area contributed by atoms with Crippen LogP contribution in [0.25, 0.3) is 11.1 Å². The molecule has 0 aromatic heterocycles. The lowest BCUT2D eigenvalue weighted by atomic mass is 9.99. The largest absolute Gasteiger partial charge is 0.480 e. The van der Waals surface area contributed by atoms with Crippen molar-refractivity contribution in [2.75, 3.05) is 11.3 Å². The predicted molar refractivity (Wildman–Crippen MR) is 128 cm³/mol. The second kappa shape index (κ2) is 9.64. The molecule has 0 aliphatic heterocycles. The zero-order chi connectivity index (χ0) is 24.3. The van der Waals surface area contributed by atoms with Crippen LogP contribution in [0.5, 0.6) is 0 Å². The second-order valence-electron chi connectivity index (χ2n) is 7.66. The predicted octanol–water partition coefficient (Wildman–Crippen LogP) is 4.55. The maximum absolute atomic E-state index is 13.0. The lowest BCUT2D eigenvalue weighted by molar-refractivity contribution is -0.135. The number of aliphatic carboxylic acids is 1. The number of carbonyl (C=O) groups is 2. The molecule has 172 valence electrons. The third-order valence-corrected chi connectivity index (χ3v) is 7.02. The summed E-state index contributed by atoms with van der Waals surface area (Å²) < 4.78 is 28.6. The third-order valence-electron chi connectivity index (χ3n) is 5.09. The van der Waals surface area contributed by atoms with E-state index in [1.54, 1.807) is 68.4 Å². The Morgan fingerprint density at radius 1 is 0.909 bits per heavy atom. The van der Waals surface area contributed by atoms with Crippen molar-refractivity contribution in [2.45, 2.75) is 25.7 Å². The lowest BCUT2D eigenvalue weighted by Gasteiger charge is -2.14. The molecule has 0 fully saturated rings. The second-order valence-corrected chi connectivity index (χ2v) is 9.71. The van der Waals surface area contributed by atoms with Crippen molar-refractivity contribution in [1.29, 1.82) is 0 Å². The number of nitrogens with one attached hydrogen (secondary N) is 2. The Morgan fingerprint density at radius 2 is 1.58 bits per heavy atom. The molecule has 0 saturated carbocycles. The van der Waals surface area contributed by atoms with Crippen molar-refractivity contribution in [3.05, 3.63) is 81.9 Å². The molecule has 0 saturated heterocycles. The first-order valence-corrected chi connectivity index (χ1v) is 11.8. The fourth-order valence-electron chi connectivity index (χ4n) is 3.31. The Labute approximate surface area is 197 Å². The highest BCUT2D eigenvalue weighted by Crippen LogP contribution is 2.30. The van der Waals surface area contributed by atoms with Crippen molar-refractivity contribution < 1.29 is 23.1 Å². The zero-order valence-corrected chi connectivity index (χ0v) is 19.8. The van der Waals surface area contributed by atoms with Gasteiger partial charge in [0.2, 0.25) is 0 Å². The van der Waals surface area contributed by atoms with Crippen LogP contribution >= 0.6 is 11.6 Å². The van der Waals surface area contributed by atoms with Gasteiger partial charge in [0, 0.05) is 16.3 Å². The summed E-state index contributed by atoms with van der Waals surface area (Å²) in [5, 5.41) is 11.5. The molecular weight excluding hydrogens is 464 g/mol. The van der Waals surface area contributed by atoms with Crippen LogP contribution in [-0.2, 0) is 14.8 Å². The normalized spacial score (nSPS) is 11.2. The number of carboxylic acid groups (broad SMARTS) is 1. The van der Waals surface area contributed by atoms with Gasteiger partial charge in [-0.3, -0.25) is 14.3 Å². The Balaban J connectivity index is 1.88. The van der Waals surface area contributed by atoms with Gasteiger partial charge in [0.1, 0.15) is 6.54 Å². The van der Waals surface area contributed by atoms with Gasteiger partial charge in [-0.2, -0.15) is 0 Å². The van der Waals surface area contributed by atoms with E-state index in [0.29, 0.717) is 27.4 Å². The molecule has 0 unspecified atom stereocenters. The highest BCUT2D eigenvalue weighted by Gasteiger charge is 2.19. The van der Waals surface area contributed by atoms with Crippen LogP contribution in [0.3, 0.4) is 0 Å². The molecule has 3 rings (SSSR count).